The van der Waals surface area contributed by atoms with E-state index >= 15 is 0 Å². The van der Waals surface area contributed by atoms with Crippen molar-refractivity contribution in [2.45, 2.75) is 11.8 Å². The van der Waals surface area contributed by atoms with E-state index in [9.17, 15) is 22.7 Å². The smallest absolute Gasteiger partial charge is 0.261 e. The Balaban J connectivity index is 1.48. The molecule has 1 amide bonds. The third-order valence-corrected chi connectivity index (χ3v) is 6.22. The Kier molecular flexibility index (Phi) is 6.24. The van der Waals surface area contributed by atoms with E-state index in [1.807, 2.05) is 0 Å². The minimum Gasteiger partial charge on any atom is -0.508 e. The molecule has 4 rings (SSSR count). The molecule has 0 saturated carbocycles. The van der Waals surface area contributed by atoms with Gasteiger partial charge in [-0.1, -0.05) is 24.3 Å². The molecular formula is C24H19FN4O4S. The first-order chi connectivity index (χ1) is 16.2. The number of phenolic OH excluding ortho intramolecular Hbond substituents is 1. The molecule has 0 aliphatic heterocycles. The Morgan fingerprint density at radius 3 is 2.38 bits per heavy atom. The molecule has 34 heavy (non-hydrogen) atoms. The number of carbonyl (C=O) groups is 1. The fourth-order valence-corrected chi connectivity index (χ4v) is 4.13. The number of nitrogens with one attached hydrogen (secondary N) is 2. The van der Waals surface area contributed by atoms with Crippen molar-refractivity contribution in [1.82, 2.24) is 9.97 Å². The summed E-state index contributed by atoms with van der Waals surface area (Å²) in [6, 6.07) is 16.0. The van der Waals surface area contributed by atoms with E-state index in [4.69, 9.17) is 0 Å². The van der Waals surface area contributed by atoms with Crippen molar-refractivity contribution < 1.29 is 22.7 Å². The zero-order valence-electron chi connectivity index (χ0n) is 17.9. The van der Waals surface area contributed by atoms with Gasteiger partial charge in [0, 0.05) is 16.8 Å². The number of aromatic nitrogens is 2. The van der Waals surface area contributed by atoms with Gasteiger partial charge in [-0.25, -0.2) is 22.8 Å². The molecule has 0 bridgehead atoms. The average molecular weight is 479 g/mol. The summed E-state index contributed by atoms with van der Waals surface area (Å²) < 4.78 is 41.3. The number of rotatable bonds is 6. The van der Waals surface area contributed by atoms with Crippen LogP contribution >= 0.6 is 0 Å². The molecule has 4 aromatic rings. The molecule has 3 N–H and O–H groups in total. The van der Waals surface area contributed by atoms with Crippen molar-refractivity contribution >= 4 is 27.3 Å². The number of aryl methyl sites for hydroxylation is 1. The molecule has 10 heteroatoms. The van der Waals surface area contributed by atoms with E-state index < -0.39 is 21.7 Å². The first-order valence-electron chi connectivity index (χ1n) is 10.0. The van der Waals surface area contributed by atoms with Gasteiger partial charge in [-0.15, -0.1) is 0 Å². The van der Waals surface area contributed by atoms with Crippen molar-refractivity contribution in [3.63, 3.8) is 0 Å². The summed E-state index contributed by atoms with van der Waals surface area (Å²) in [4.78, 5) is 20.8. The number of hydrogen-bond acceptors (Lipinski definition) is 6. The highest BCUT2D eigenvalue weighted by Gasteiger charge is 2.17. The number of hydrogen-bond donors (Lipinski definition) is 3. The highest BCUT2D eigenvalue weighted by atomic mass is 32.2. The fourth-order valence-electron chi connectivity index (χ4n) is 3.07. The van der Waals surface area contributed by atoms with Gasteiger partial charge in [0.2, 0.25) is 0 Å². The van der Waals surface area contributed by atoms with E-state index in [-0.39, 0.29) is 21.9 Å². The van der Waals surface area contributed by atoms with E-state index in [1.54, 1.807) is 12.1 Å². The van der Waals surface area contributed by atoms with Crippen LogP contribution in [0.2, 0.25) is 0 Å². The molecule has 172 valence electrons. The van der Waals surface area contributed by atoms with Gasteiger partial charge in [-0.3, -0.25) is 9.52 Å². The Hall–Kier alpha value is -4.31. The van der Waals surface area contributed by atoms with Gasteiger partial charge >= 0.3 is 0 Å². The second kappa shape index (κ2) is 9.28. The lowest BCUT2D eigenvalue weighted by molar-refractivity contribution is 0.102. The molecule has 0 saturated heterocycles. The van der Waals surface area contributed by atoms with Crippen LogP contribution in [0.5, 0.6) is 5.75 Å². The predicted molar refractivity (Wildman–Crippen MR) is 125 cm³/mol. The summed E-state index contributed by atoms with van der Waals surface area (Å²) in [6.07, 6.45) is 2.84. The molecule has 1 heterocycles. The van der Waals surface area contributed by atoms with Gasteiger partial charge in [-0.05, 0) is 55.0 Å². The number of phenols is 1. The van der Waals surface area contributed by atoms with Crippen molar-refractivity contribution in [1.29, 1.82) is 0 Å². The summed E-state index contributed by atoms with van der Waals surface area (Å²) in [7, 11) is -4.05. The van der Waals surface area contributed by atoms with Crippen LogP contribution in [0.15, 0.2) is 84.0 Å². The second-order valence-corrected chi connectivity index (χ2v) is 9.08. The molecule has 1 aromatic heterocycles. The summed E-state index contributed by atoms with van der Waals surface area (Å²) in [5.74, 6) is -0.677. The second-order valence-electron chi connectivity index (χ2n) is 7.40. The Bertz CT molecular complexity index is 1470. The number of aromatic hydroxyl groups is 1. The maximum absolute atomic E-state index is 13.8. The molecule has 0 radical (unpaired) electrons. The van der Waals surface area contributed by atoms with Gasteiger partial charge < -0.3 is 10.4 Å². The molecule has 0 spiro atoms. The quantitative estimate of drug-likeness (QED) is 0.379. The molecule has 0 aliphatic rings. The zero-order valence-corrected chi connectivity index (χ0v) is 18.7. The number of benzene rings is 3. The summed E-state index contributed by atoms with van der Waals surface area (Å²) >= 11 is 0. The standard InChI is InChI=1S/C24H19FN4O4S/c1-15-8-9-21(12-22(15)25)34(32,33)29-18-6-2-5-17(10-18)24(31)28-19-13-26-23(27-14-19)16-4-3-7-20(30)11-16/h2-14,29-30H,1H3,(H,28,31). The van der Waals surface area contributed by atoms with Crippen LogP contribution in [0.1, 0.15) is 15.9 Å². The lowest BCUT2D eigenvalue weighted by Gasteiger charge is -2.11. The monoisotopic (exact) mass is 478 g/mol. The average Bonchev–Trinajstić information content (AvgIpc) is 2.81. The Morgan fingerprint density at radius 2 is 1.68 bits per heavy atom. The van der Waals surface area contributed by atoms with Gasteiger partial charge in [0.25, 0.3) is 15.9 Å². The van der Waals surface area contributed by atoms with Crippen LogP contribution in [0, 0.1) is 12.7 Å². The van der Waals surface area contributed by atoms with Crippen LogP contribution in [-0.2, 0) is 10.0 Å². The van der Waals surface area contributed by atoms with E-state index in [2.05, 4.69) is 20.0 Å². The number of nitrogens with zero attached hydrogens (tertiary/aromatic N) is 2. The molecule has 0 aliphatic carbocycles. The fraction of sp³-hybridized carbons (Fsp3) is 0.0417. The van der Waals surface area contributed by atoms with Crippen LogP contribution in [0.25, 0.3) is 11.4 Å². The molecule has 0 unspecified atom stereocenters. The Labute approximate surface area is 195 Å². The van der Waals surface area contributed by atoms with Crippen molar-refractivity contribution in [2.24, 2.45) is 0 Å². The topological polar surface area (TPSA) is 121 Å². The predicted octanol–water partition coefficient (Wildman–Crippen LogP) is 4.35. The molecule has 8 nitrogen and oxygen atoms in total. The largest absolute Gasteiger partial charge is 0.508 e. The van der Waals surface area contributed by atoms with E-state index in [0.717, 1.165) is 6.07 Å². The van der Waals surface area contributed by atoms with Crippen LogP contribution in [0.4, 0.5) is 15.8 Å². The normalized spacial score (nSPS) is 11.1. The lowest BCUT2D eigenvalue weighted by atomic mass is 10.2. The minimum absolute atomic E-state index is 0.0847. The van der Waals surface area contributed by atoms with Gasteiger partial charge in [-0.2, -0.15) is 0 Å². The maximum Gasteiger partial charge on any atom is 0.261 e. The third-order valence-electron chi connectivity index (χ3n) is 4.84. The molecular weight excluding hydrogens is 459 g/mol. The van der Waals surface area contributed by atoms with Crippen LogP contribution < -0.4 is 10.0 Å². The van der Waals surface area contributed by atoms with Crippen molar-refractivity contribution in [3.8, 4) is 17.1 Å². The van der Waals surface area contributed by atoms with Crippen LogP contribution in [-0.4, -0.2) is 29.4 Å². The lowest BCUT2D eigenvalue weighted by Crippen LogP contribution is -2.15. The van der Waals surface area contributed by atoms with Crippen molar-refractivity contribution in [3.05, 3.63) is 96.1 Å². The number of sulfonamides is 1. The molecule has 3 aromatic carbocycles. The number of halogens is 1. The van der Waals surface area contributed by atoms with Gasteiger partial charge in [0.05, 0.1) is 23.0 Å². The molecule has 0 atom stereocenters. The van der Waals surface area contributed by atoms with E-state index in [1.165, 1.54) is 67.8 Å². The minimum atomic E-state index is -4.05. The van der Waals surface area contributed by atoms with Crippen molar-refractivity contribution in [2.75, 3.05) is 10.0 Å². The van der Waals surface area contributed by atoms with E-state index in [0.29, 0.717) is 22.6 Å². The highest BCUT2D eigenvalue weighted by Crippen LogP contribution is 2.22. The molecule has 0 fully saturated rings. The maximum atomic E-state index is 13.8. The van der Waals surface area contributed by atoms with Gasteiger partial charge in [0.15, 0.2) is 5.82 Å². The zero-order chi connectivity index (χ0) is 24.3. The third kappa shape index (κ3) is 5.18. The number of amides is 1. The highest BCUT2D eigenvalue weighted by molar-refractivity contribution is 7.92. The number of carbonyl (C=O) groups excluding carboxylic acids is 1. The number of anilines is 2. The first kappa shape index (κ1) is 22.9. The summed E-state index contributed by atoms with van der Waals surface area (Å²) in [5, 5.41) is 12.2. The van der Waals surface area contributed by atoms with Gasteiger partial charge in [0.1, 0.15) is 11.6 Å². The summed E-state index contributed by atoms with van der Waals surface area (Å²) in [5.41, 5.74) is 1.61. The summed E-state index contributed by atoms with van der Waals surface area (Å²) in [6.45, 7) is 1.53. The SMILES string of the molecule is Cc1ccc(S(=O)(=O)Nc2cccc(C(=O)Nc3cnc(-c4cccc(O)c4)nc3)c2)cc1F. The Morgan fingerprint density at radius 1 is 0.941 bits per heavy atom. The first-order valence-corrected chi connectivity index (χ1v) is 11.5. The van der Waals surface area contributed by atoms with Crippen LogP contribution in [0.3, 0.4) is 0 Å².